The topological polar surface area (TPSA) is 89.2 Å². The number of guanidine groups is 1. The van der Waals surface area contributed by atoms with Crippen LogP contribution in [-0.2, 0) is 0 Å². The molecule has 0 saturated heterocycles. The van der Waals surface area contributed by atoms with Crippen LogP contribution in [0.3, 0.4) is 0 Å². The molecule has 0 bridgehead atoms. The highest BCUT2D eigenvalue weighted by Gasteiger charge is 2.66. The van der Waals surface area contributed by atoms with Crippen molar-refractivity contribution in [1.29, 1.82) is 0 Å². The quantitative estimate of drug-likeness (QED) is 0.382. The Kier molecular flexibility index (Phi) is 6.14. The van der Waals surface area contributed by atoms with E-state index in [1.165, 1.54) is 12.8 Å². The van der Waals surface area contributed by atoms with Gasteiger partial charge in [-0.2, -0.15) is 5.10 Å². The highest BCUT2D eigenvalue weighted by Crippen LogP contribution is 2.69. The van der Waals surface area contributed by atoms with Crippen molar-refractivity contribution in [3.05, 3.63) is 11.6 Å². The summed E-state index contributed by atoms with van der Waals surface area (Å²) >= 11 is 0. The van der Waals surface area contributed by atoms with Gasteiger partial charge in [0.05, 0.1) is 11.7 Å². The second-order valence-corrected chi connectivity index (χ2v) is 12.2. The van der Waals surface area contributed by atoms with Crippen LogP contribution in [0.2, 0.25) is 0 Å². The van der Waals surface area contributed by atoms with Gasteiger partial charge in [0.15, 0.2) is 0 Å². The molecule has 6 nitrogen and oxygen atoms in total. The van der Waals surface area contributed by atoms with Gasteiger partial charge in [-0.15, -0.1) is 0 Å². The van der Waals surface area contributed by atoms with Gasteiger partial charge in [0.25, 0.3) is 0 Å². The summed E-state index contributed by atoms with van der Waals surface area (Å²) in [5.74, 6) is 2.77. The van der Waals surface area contributed by atoms with E-state index in [0.717, 1.165) is 76.0 Å². The summed E-state index contributed by atoms with van der Waals surface area (Å²) in [5.41, 5.74) is 3.82. The average molecular weight is 457 g/mol. The van der Waals surface area contributed by atoms with Crippen molar-refractivity contribution >= 4 is 12.2 Å². The van der Waals surface area contributed by atoms with Crippen LogP contribution in [0, 0.1) is 34.5 Å². The lowest BCUT2D eigenvalue weighted by Crippen LogP contribution is -2.62. The van der Waals surface area contributed by atoms with Gasteiger partial charge in [-0.1, -0.05) is 19.9 Å². The van der Waals surface area contributed by atoms with Crippen molar-refractivity contribution in [3.8, 4) is 0 Å². The number of rotatable bonds is 3. The zero-order valence-electron chi connectivity index (χ0n) is 20.8. The fourth-order valence-corrected chi connectivity index (χ4v) is 8.67. The standard InChI is InChI=1S/C27H44N4O2/c1-18(17-30-31-24-28-13-4-14-29-24)15-20-7-12-27(33)23-6-5-19-16-21(32)8-10-25(19,2)22(23)9-11-26(20,27)3/h15,17,19-23,32-33H,4-14,16H2,1-3H3,(H2,28,29,31)/t19?,20?,21?,22-,23-,25+,26-,27-/m1/s1. The number of hydrogen-bond donors (Lipinski definition) is 4. The number of hydrazone groups is 1. The first-order valence-corrected chi connectivity index (χ1v) is 13.4. The van der Waals surface area contributed by atoms with E-state index >= 15 is 0 Å². The number of nitrogens with zero attached hydrogens (tertiary/aromatic N) is 2. The first-order valence-electron chi connectivity index (χ1n) is 13.4. The Morgan fingerprint density at radius 1 is 1.12 bits per heavy atom. The van der Waals surface area contributed by atoms with E-state index in [4.69, 9.17) is 0 Å². The molecule has 0 amide bonds. The largest absolute Gasteiger partial charge is 0.393 e. The smallest absolute Gasteiger partial charge is 0.212 e. The van der Waals surface area contributed by atoms with E-state index in [1.54, 1.807) is 0 Å². The predicted octanol–water partition coefficient (Wildman–Crippen LogP) is 3.99. The number of hydrogen-bond acceptors (Lipinski definition) is 6. The summed E-state index contributed by atoms with van der Waals surface area (Å²) < 4.78 is 0. The van der Waals surface area contributed by atoms with Gasteiger partial charge in [-0.25, -0.2) is 5.43 Å². The molecule has 8 atom stereocenters. The highest BCUT2D eigenvalue weighted by molar-refractivity contribution is 5.83. The van der Waals surface area contributed by atoms with Crippen molar-refractivity contribution in [3.63, 3.8) is 0 Å². The lowest BCUT2D eigenvalue weighted by atomic mass is 9.43. The number of nitrogens with one attached hydrogen (secondary N) is 2. The molecule has 0 spiro atoms. The van der Waals surface area contributed by atoms with Crippen LogP contribution in [-0.4, -0.2) is 47.2 Å². The molecule has 0 aromatic heterocycles. The number of aliphatic hydroxyl groups excluding tert-OH is 1. The van der Waals surface area contributed by atoms with Crippen molar-refractivity contribution in [2.75, 3.05) is 13.1 Å². The first-order chi connectivity index (χ1) is 15.8. The Hall–Kier alpha value is -1.40. The van der Waals surface area contributed by atoms with Crippen molar-refractivity contribution in [2.45, 2.75) is 96.7 Å². The lowest BCUT2D eigenvalue weighted by Gasteiger charge is -2.63. The third-order valence-corrected chi connectivity index (χ3v) is 10.7. The highest BCUT2D eigenvalue weighted by atomic mass is 16.3. The fourth-order valence-electron chi connectivity index (χ4n) is 8.67. The van der Waals surface area contributed by atoms with Crippen LogP contribution in [0.1, 0.15) is 85.0 Å². The molecule has 0 radical (unpaired) electrons. The molecule has 33 heavy (non-hydrogen) atoms. The van der Waals surface area contributed by atoms with Crippen LogP contribution in [0.25, 0.3) is 0 Å². The number of fused-ring (bicyclic) bond motifs is 5. The van der Waals surface area contributed by atoms with Gasteiger partial charge in [-0.3, -0.25) is 4.99 Å². The Bertz CT molecular complexity index is 840. The Labute approximate surface area is 199 Å². The second kappa shape index (κ2) is 8.67. The van der Waals surface area contributed by atoms with E-state index in [-0.39, 0.29) is 16.9 Å². The number of allylic oxidation sites excluding steroid dienone is 2. The fraction of sp³-hybridized carbons (Fsp3) is 0.852. The van der Waals surface area contributed by atoms with Crippen molar-refractivity contribution in [1.82, 2.24) is 10.7 Å². The molecule has 4 saturated carbocycles. The number of aliphatic imine (C=N–C) groups is 1. The third-order valence-electron chi connectivity index (χ3n) is 10.7. The van der Waals surface area contributed by atoms with Crippen molar-refractivity contribution in [2.24, 2.45) is 44.6 Å². The molecule has 1 heterocycles. The van der Waals surface area contributed by atoms with Crippen LogP contribution in [0.4, 0.5) is 0 Å². The van der Waals surface area contributed by atoms with Gasteiger partial charge in [0.2, 0.25) is 5.96 Å². The Morgan fingerprint density at radius 3 is 2.76 bits per heavy atom. The first kappa shape index (κ1) is 23.3. The summed E-state index contributed by atoms with van der Waals surface area (Å²) in [6, 6.07) is 0. The van der Waals surface area contributed by atoms with Gasteiger partial charge in [0.1, 0.15) is 0 Å². The Morgan fingerprint density at radius 2 is 1.97 bits per heavy atom. The van der Waals surface area contributed by atoms with E-state index in [0.29, 0.717) is 23.7 Å². The summed E-state index contributed by atoms with van der Waals surface area (Å²) in [6.07, 6.45) is 14.8. The summed E-state index contributed by atoms with van der Waals surface area (Å²) in [4.78, 5) is 4.39. The van der Waals surface area contributed by atoms with Crippen LogP contribution in [0.15, 0.2) is 21.7 Å². The average Bonchev–Trinajstić information content (AvgIpc) is 3.06. The molecule has 184 valence electrons. The van der Waals surface area contributed by atoms with Gasteiger partial charge in [0, 0.05) is 24.7 Å². The molecule has 4 aliphatic carbocycles. The molecule has 3 unspecified atom stereocenters. The van der Waals surface area contributed by atoms with Gasteiger partial charge in [-0.05, 0) is 106 Å². The van der Waals surface area contributed by atoms with E-state index in [9.17, 15) is 10.2 Å². The van der Waals surface area contributed by atoms with Crippen LogP contribution < -0.4 is 10.7 Å². The molecule has 0 aromatic rings. The monoisotopic (exact) mass is 456 g/mol. The summed E-state index contributed by atoms with van der Waals surface area (Å²) in [6.45, 7) is 8.75. The number of aliphatic hydroxyl groups is 2. The van der Waals surface area contributed by atoms with Crippen molar-refractivity contribution < 1.29 is 10.2 Å². The zero-order valence-corrected chi connectivity index (χ0v) is 20.8. The zero-order chi connectivity index (χ0) is 23.3. The predicted molar refractivity (Wildman–Crippen MR) is 133 cm³/mol. The molecule has 1 aliphatic heterocycles. The molecule has 5 aliphatic rings. The molecule has 5 rings (SSSR count). The molecular weight excluding hydrogens is 412 g/mol. The van der Waals surface area contributed by atoms with Gasteiger partial charge >= 0.3 is 0 Å². The lowest BCUT2D eigenvalue weighted by molar-refractivity contribution is -0.207. The second-order valence-electron chi connectivity index (χ2n) is 12.2. The Balaban J connectivity index is 1.31. The minimum atomic E-state index is -0.572. The van der Waals surface area contributed by atoms with Crippen LogP contribution >= 0.6 is 0 Å². The molecule has 4 fully saturated rings. The maximum atomic E-state index is 12.3. The summed E-state index contributed by atoms with van der Waals surface area (Å²) in [5, 5.41) is 30.2. The minimum absolute atomic E-state index is 0.0664. The normalized spacial score (nSPS) is 47.8. The SMILES string of the molecule is CC(C=NNC1=NCCCN1)=CC1CC[C@@]2(O)[C@@H]3CCC4CC(O)CC[C@]4(C)[C@@H]3CC[C@]12C. The molecule has 4 N–H and O–H groups in total. The molecule has 6 heteroatoms. The maximum absolute atomic E-state index is 12.3. The van der Waals surface area contributed by atoms with Crippen LogP contribution in [0.5, 0.6) is 0 Å². The van der Waals surface area contributed by atoms with E-state index in [2.05, 4.69) is 47.7 Å². The summed E-state index contributed by atoms with van der Waals surface area (Å²) in [7, 11) is 0. The van der Waals surface area contributed by atoms with E-state index in [1.807, 2.05) is 6.21 Å². The van der Waals surface area contributed by atoms with E-state index < -0.39 is 5.60 Å². The molecular formula is C27H44N4O2. The van der Waals surface area contributed by atoms with Gasteiger partial charge < -0.3 is 15.5 Å². The minimum Gasteiger partial charge on any atom is -0.393 e. The third kappa shape index (κ3) is 3.85. The maximum Gasteiger partial charge on any atom is 0.212 e. The molecule has 0 aromatic carbocycles.